The van der Waals surface area contributed by atoms with Gasteiger partial charge in [-0.05, 0) is 125 Å². The Balaban J connectivity index is 1.57. The normalized spacial score (nSPS) is 16.4. The Morgan fingerprint density at radius 1 is 1.00 bits per heavy atom. The molecule has 0 saturated carbocycles. The molecule has 3 rings (SSSR count). The number of benzene rings is 2. The largest absolute Gasteiger partial charge is 0.480 e. The highest BCUT2D eigenvalue weighted by atomic mass is 16.5. The molecule has 0 saturated heterocycles. The van der Waals surface area contributed by atoms with Crippen molar-refractivity contribution in [3.8, 4) is 17.2 Å². The Bertz CT molecular complexity index is 1540. The molecule has 6 heteroatoms. The van der Waals surface area contributed by atoms with E-state index in [1.165, 1.54) is 25.3 Å². The van der Waals surface area contributed by atoms with Crippen molar-refractivity contribution in [3.05, 3.63) is 111 Å². The highest BCUT2D eigenvalue weighted by Crippen LogP contribution is 2.42. The number of hydrogen-bond acceptors (Lipinski definition) is 5. The number of nitrogens with two attached hydrogens (primary N) is 1. The van der Waals surface area contributed by atoms with Crippen molar-refractivity contribution < 1.29 is 24.2 Å². The Kier molecular flexibility index (Phi) is 12.3. The third kappa shape index (κ3) is 10.5. The van der Waals surface area contributed by atoms with Gasteiger partial charge in [0.05, 0.1) is 0 Å². The fourth-order valence-electron chi connectivity index (χ4n) is 5.84. The summed E-state index contributed by atoms with van der Waals surface area (Å²) in [5.41, 5.74) is 14.4. The van der Waals surface area contributed by atoms with Gasteiger partial charge in [0.25, 0.3) is 0 Å². The van der Waals surface area contributed by atoms with Crippen LogP contribution in [0.2, 0.25) is 0 Å². The summed E-state index contributed by atoms with van der Waals surface area (Å²) in [6, 6.07) is 8.12. The molecule has 1 aliphatic rings. The maximum atomic E-state index is 12.6. The number of carbonyl (C=O) groups is 2. The minimum absolute atomic E-state index is 0.241. The van der Waals surface area contributed by atoms with E-state index in [1.54, 1.807) is 23.3 Å². The van der Waals surface area contributed by atoms with Gasteiger partial charge in [-0.15, -0.1) is 0 Å². The van der Waals surface area contributed by atoms with Crippen LogP contribution < -0.4 is 15.2 Å². The Morgan fingerprint density at radius 2 is 1.69 bits per heavy atom. The number of carbonyl (C=O) groups excluding carboxylic acids is 1. The number of aliphatic carboxylic acids is 1. The van der Waals surface area contributed by atoms with Crippen LogP contribution in [0.25, 0.3) is 0 Å². The van der Waals surface area contributed by atoms with Gasteiger partial charge in [0, 0.05) is 6.08 Å². The molecule has 1 aliphatic carbocycles. The molecule has 45 heavy (non-hydrogen) atoms. The van der Waals surface area contributed by atoms with Crippen LogP contribution in [0, 0.1) is 26.2 Å². The average molecular weight is 612 g/mol. The lowest BCUT2D eigenvalue weighted by molar-refractivity contribution is -0.138. The van der Waals surface area contributed by atoms with Crippen LogP contribution in [0.5, 0.6) is 17.2 Å². The van der Waals surface area contributed by atoms with Gasteiger partial charge >= 0.3 is 11.9 Å². The summed E-state index contributed by atoms with van der Waals surface area (Å²) in [4.78, 5) is 23.7. The predicted octanol–water partition coefficient (Wildman–Crippen LogP) is 9.19. The fourth-order valence-corrected chi connectivity index (χ4v) is 5.84. The summed E-state index contributed by atoms with van der Waals surface area (Å²) < 4.78 is 11.8. The van der Waals surface area contributed by atoms with E-state index in [4.69, 9.17) is 20.3 Å². The molecule has 2 aromatic carbocycles. The topological polar surface area (TPSA) is 98.9 Å². The quantitative estimate of drug-likeness (QED) is 0.0816. The van der Waals surface area contributed by atoms with E-state index >= 15 is 0 Å². The molecular weight excluding hydrogens is 562 g/mol. The van der Waals surface area contributed by atoms with Gasteiger partial charge in [0.15, 0.2) is 0 Å². The molecule has 0 radical (unpaired) electrons. The number of aryl methyl sites for hydroxylation is 3. The summed E-state index contributed by atoms with van der Waals surface area (Å²) >= 11 is 0. The zero-order chi connectivity index (χ0) is 33.3. The number of carboxylic acid groups (broad SMARTS) is 1. The number of ether oxygens (including phenoxy) is 2. The monoisotopic (exact) mass is 611 g/mol. The third-order valence-corrected chi connectivity index (χ3v) is 8.32. The van der Waals surface area contributed by atoms with Gasteiger partial charge < -0.3 is 20.3 Å². The molecule has 3 N–H and O–H groups in total. The van der Waals surface area contributed by atoms with E-state index in [9.17, 15) is 9.59 Å². The number of carboxylic acids is 1. The second-order valence-corrected chi connectivity index (χ2v) is 12.9. The van der Waals surface area contributed by atoms with Crippen LogP contribution in [-0.2, 0) is 16.0 Å². The Hall–Kier alpha value is -4.16. The second-order valence-electron chi connectivity index (χ2n) is 12.9. The van der Waals surface area contributed by atoms with Crippen molar-refractivity contribution in [1.82, 2.24) is 0 Å². The van der Waals surface area contributed by atoms with Crippen LogP contribution in [0.3, 0.4) is 0 Å². The molecule has 0 fully saturated rings. The van der Waals surface area contributed by atoms with E-state index in [0.29, 0.717) is 17.2 Å². The van der Waals surface area contributed by atoms with Gasteiger partial charge in [-0.1, -0.05) is 73.1 Å². The highest BCUT2D eigenvalue weighted by molar-refractivity contribution is 5.85. The van der Waals surface area contributed by atoms with Crippen LogP contribution >= 0.6 is 0 Å². The maximum Gasteiger partial charge on any atom is 0.336 e. The zero-order valence-electron chi connectivity index (χ0n) is 28.1. The van der Waals surface area contributed by atoms with Crippen molar-refractivity contribution in [2.75, 3.05) is 0 Å². The van der Waals surface area contributed by atoms with Crippen molar-refractivity contribution in [2.45, 2.75) is 93.5 Å². The molecule has 0 amide bonds. The summed E-state index contributed by atoms with van der Waals surface area (Å²) in [6.07, 6.45) is 16.7. The van der Waals surface area contributed by atoms with Crippen molar-refractivity contribution in [1.29, 1.82) is 0 Å². The van der Waals surface area contributed by atoms with Gasteiger partial charge in [-0.3, -0.25) is 4.79 Å². The Labute approximate surface area is 269 Å². The number of rotatable bonds is 12. The smallest absolute Gasteiger partial charge is 0.336 e. The molecule has 0 heterocycles. The first-order valence-corrected chi connectivity index (χ1v) is 15.6. The van der Waals surface area contributed by atoms with E-state index in [-0.39, 0.29) is 11.8 Å². The maximum absolute atomic E-state index is 12.6. The van der Waals surface area contributed by atoms with Gasteiger partial charge in [0.2, 0.25) is 0 Å². The first-order chi connectivity index (χ1) is 21.2. The van der Waals surface area contributed by atoms with Crippen LogP contribution in [0.15, 0.2) is 89.1 Å². The fraction of sp³-hybridized carbons (Fsp3) is 0.385. The van der Waals surface area contributed by atoms with E-state index < -0.39 is 18.0 Å². The van der Waals surface area contributed by atoms with Crippen molar-refractivity contribution >= 4 is 11.9 Å². The van der Waals surface area contributed by atoms with Crippen LogP contribution in [-0.4, -0.2) is 23.1 Å². The van der Waals surface area contributed by atoms with Gasteiger partial charge in [-0.25, -0.2) is 4.79 Å². The number of esters is 1. The van der Waals surface area contributed by atoms with Gasteiger partial charge in [-0.2, -0.15) is 0 Å². The summed E-state index contributed by atoms with van der Waals surface area (Å²) in [5, 5.41) is 9.11. The summed E-state index contributed by atoms with van der Waals surface area (Å²) in [7, 11) is 0. The highest BCUT2D eigenvalue weighted by Gasteiger charge is 2.27. The molecule has 2 aromatic rings. The zero-order valence-corrected chi connectivity index (χ0v) is 28.1. The van der Waals surface area contributed by atoms with E-state index in [0.717, 1.165) is 39.8 Å². The van der Waals surface area contributed by atoms with Crippen molar-refractivity contribution in [3.63, 3.8) is 0 Å². The van der Waals surface area contributed by atoms with Crippen LogP contribution in [0.4, 0.5) is 0 Å². The lowest BCUT2D eigenvalue weighted by Crippen LogP contribution is -2.32. The molecule has 1 unspecified atom stereocenters. The van der Waals surface area contributed by atoms with Gasteiger partial charge in [0.1, 0.15) is 23.3 Å². The van der Waals surface area contributed by atoms with Crippen molar-refractivity contribution in [2.24, 2.45) is 11.1 Å². The molecule has 0 aliphatic heterocycles. The average Bonchev–Trinajstić information content (AvgIpc) is 2.93. The van der Waals surface area contributed by atoms with E-state index in [2.05, 4.69) is 39.8 Å². The molecular formula is C39H49NO5. The first-order valence-electron chi connectivity index (χ1n) is 15.6. The molecule has 0 spiro atoms. The van der Waals surface area contributed by atoms with E-state index in [1.807, 2.05) is 64.1 Å². The summed E-state index contributed by atoms with van der Waals surface area (Å²) in [5.74, 6) is 0.276. The molecule has 0 aromatic heterocycles. The third-order valence-electron chi connectivity index (χ3n) is 8.32. The first kappa shape index (κ1) is 35.3. The second kappa shape index (κ2) is 15.7. The number of allylic oxidation sites excluding steroid dienone is 9. The number of hydrogen-bond donors (Lipinski definition) is 2. The predicted molar refractivity (Wildman–Crippen MR) is 183 cm³/mol. The molecule has 240 valence electrons. The standard InChI is InChI=1S/C39H49NO5/c1-25(13-10-16-33-27(3)15-11-19-39(33,7)8)12-9-14-26(2)20-36(41)45-35-18-17-32(23-28(35)4)44-37-29(5)21-31(22-30(37)6)24-34(40)38(42)43/h9-10,12-14,17-18,20-23,34H,11,15-16,19,24,40H2,1-8H3,(H,42,43)/b13-10+,14-9+,25-12+,26-20+. The lowest BCUT2D eigenvalue weighted by atomic mass is 9.71. The minimum atomic E-state index is -1.03. The Morgan fingerprint density at radius 3 is 2.31 bits per heavy atom. The van der Waals surface area contributed by atoms with Crippen LogP contribution in [0.1, 0.15) is 82.6 Å². The molecule has 0 bridgehead atoms. The molecule has 1 atom stereocenters. The lowest BCUT2D eigenvalue weighted by Gasteiger charge is -2.34. The minimum Gasteiger partial charge on any atom is -0.480 e. The molecule has 6 nitrogen and oxygen atoms in total. The SMILES string of the molecule is CC1=C(C/C=C/C(C)=C/C=C/C(C)=C/C(=O)Oc2ccc(Oc3c(C)cc(CC(N)C(=O)O)cc3C)cc2C)C(C)(C)CCC1. The summed E-state index contributed by atoms with van der Waals surface area (Å²) in [6.45, 7) is 16.6.